The summed E-state index contributed by atoms with van der Waals surface area (Å²) < 4.78 is 0.857. The van der Waals surface area contributed by atoms with E-state index in [1.54, 1.807) is 38.1 Å². The zero-order chi connectivity index (χ0) is 13.7. The number of aliphatic carboxylic acids is 1. The normalized spacial score (nSPS) is 11.4. The van der Waals surface area contributed by atoms with Crippen LogP contribution in [0.1, 0.15) is 24.2 Å². The second kappa shape index (κ2) is 6.30. The molecule has 0 unspecified atom stereocenters. The molecule has 1 amide bonds. The predicted octanol–water partition coefficient (Wildman–Crippen LogP) is 2.28. The lowest BCUT2D eigenvalue weighted by molar-refractivity contribution is -0.129. The Kier molecular flexibility index (Phi) is 5.03. The van der Waals surface area contributed by atoms with Crippen molar-refractivity contribution in [3.05, 3.63) is 34.3 Å². The number of carboxylic acid groups (broad SMARTS) is 1. The number of halogens is 1. The summed E-state index contributed by atoms with van der Waals surface area (Å²) in [6.45, 7) is 3.39. The van der Waals surface area contributed by atoms with Gasteiger partial charge in [-0.3, -0.25) is 4.79 Å². The molecule has 0 aliphatic heterocycles. The van der Waals surface area contributed by atoms with Crippen LogP contribution in [0.5, 0.6) is 0 Å². The Balaban J connectivity index is 2.79. The molecular formula is C12H13BrN2O3. The van der Waals surface area contributed by atoms with Crippen molar-refractivity contribution in [3.8, 4) is 0 Å². The van der Waals surface area contributed by atoms with Crippen LogP contribution in [0, 0.1) is 5.92 Å². The number of carboxylic acids is 1. The molecular weight excluding hydrogens is 300 g/mol. The van der Waals surface area contributed by atoms with Crippen molar-refractivity contribution < 1.29 is 14.7 Å². The number of hydrazone groups is 1. The number of rotatable bonds is 4. The second-order valence-electron chi connectivity index (χ2n) is 3.90. The molecule has 0 fully saturated rings. The summed E-state index contributed by atoms with van der Waals surface area (Å²) in [4.78, 5) is 22.5. The lowest BCUT2D eigenvalue weighted by Crippen LogP contribution is -2.26. The lowest BCUT2D eigenvalue weighted by Gasteiger charge is -2.05. The summed E-state index contributed by atoms with van der Waals surface area (Å²) in [7, 11) is 0. The maximum Gasteiger partial charge on any atom is 0.352 e. The van der Waals surface area contributed by atoms with Gasteiger partial charge in [-0.05, 0) is 24.3 Å². The first-order valence-corrected chi connectivity index (χ1v) is 6.08. The number of nitrogens with zero attached hydrogens (tertiary/aromatic N) is 1. The first-order valence-electron chi connectivity index (χ1n) is 5.28. The zero-order valence-corrected chi connectivity index (χ0v) is 11.6. The van der Waals surface area contributed by atoms with E-state index >= 15 is 0 Å². The van der Waals surface area contributed by atoms with Crippen molar-refractivity contribution in [1.82, 2.24) is 5.43 Å². The van der Waals surface area contributed by atoms with E-state index in [0.717, 1.165) is 4.47 Å². The molecule has 0 radical (unpaired) electrons. The highest BCUT2D eigenvalue weighted by Crippen LogP contribution is 2.10. The molecule has 0 aromatic heterocycles. The van der Waals surface area contributed by atoms with Gasteiger partial charge in [0.05, 0.1) is 0 Å². The molecule has 1 aromatic carbocycles. The van der Waals surface area contributed by atoms with E-state index in [9.17, 15) is 9.59 Å². The van der Waals surface area contributed by atoms with Crippen LogP contribution in [0.4, 0.5) is 0 Å². The molecule has 1 aromatic rings. The molecule has 0 saturated heterocycles. The minimum absolute atomic E-state index is 0.0829. The molecule has 0 heterocycles. The van der Waals surface area contributed by atoms with E-state index in [4.69, 9.17) is 5.11 Å². The Morgan fingerprint density at radius 1 is 1.28 bits per heavy atom. The van der Waals surface area contributed by atoms with E-state index in [-0.39, 0.29) is 11.6 Å². The number of amides is 1. The highest BCUT2D eigenvalue weighted by molar-refractivity contribution is 9.10. The van der Waals surface area contributed by atoms with Crippen LogP contribution in [-0.4, -0.2) is 22.7 Å². The zero-order valence-electron chi connectivity index (χ0n) is 9.98. The maximum absolute atomic E-state index is 11.7. The van der Waals surface area contributed by atoms with Crippen LogP contribution in [0.25, 0.3) is 0 Å². The fourth-order valence-corrected chi connectivity index (χ4v) is 1.47. The largest absolute Gasteiger partial charge is 0.477 e. The van der Waals surface area contributed by atoms with Crippen molar-refractivity contribution in [1.29, 1.82) is 0 Å². The topological polar surface area (TPSA) is 78.8 Å². The van der Waals surface area contributed by atoms with Crippen LogP contribution < -0.4 is 5.43 Å². The number of carbonyl (C=O) groups is 2. The first-order chi connectivity index (χ1) is 8.41. The van der Waals surface area contributed by atoms with Gasteiger partial charge in [0.25, 0.3) is 5.91 Å². The number of nitrogens with one attached hydrogen (secondary N) is 1. The molecule has 6 heteroatoms. The monoisotopic (exact) mass is 312 g/mol. The summed E-state index contributed by atoms with van der Waals surface area (Å²) in [6, 6.07) is 6.67. The van der Waals surface area contributed by atoms with Gasteiger partial charge >= 0.3 is 5.97 Å². The average Bonchev–Trinajstić information content (AvgIpc) is 2.28. The van der Waals surface area contributed by atoms with Crippen molar-refractivity contribution in [3.63, 3.8) is 0 Å². The fraction of sp³-hybridized carbons (Fsp3) is 0.250. The lowest BCUT2D eigenvalue weighted by atomic mass is 10.1. The smallest absolute Gasteiger partial charge is 0.352 e. The molecule has 0 aliphatic rings. The molecule has 5 nitrogen and oxygen atoms in total. The van der Waals surface area contributed by atoms with Gasteiger partial charge in [-0.1, -0.05) is 29.8 Å². The minimum atomic E-state index is -1.14. The van der Waals surface area contributed by atoms with Gasteiger partial charge in [0, 0.05) is 16.0 Å². The van der Waals surface area contributed by atoms with Crippen molar-refractivity contribution in [2.75, 3.05) is 0 Å². The van der Waals surface area contributed by atoms with Gasteiger partial charge in [0.1, 0.15) is 5.71 Å². The molecule has 96 valence electrons. The van der Waals surface area contributed by atoms with E-state index < -0.39 is 11.9 Å². The van der Waals surface area contributed by atoms with Gasteiger partial charge in [-0.2, -0.15) is 5.10 Å². The van der Waals surface area contributed by atoms with Crippen molar-refractivity contribution in [2.24, 2.45) is 11.0 Å². The van der Waals surface area contributed by atoms with Crippen LogP contribution in [0.3, 0.4) is 0 Å². The highest BCUT2D eigenvalue weighted by atomic mass is 79.9. The molecule has 0 spiro atoms. The Morgan fingerprint density at radius 2 is 1.83 bits per heavy atom. The van der Waals surface area contributed by atoms with Crippen LogP contribution in [0.2, 0.25) is 0 Å². The molecule has 0 bridgehead atoms. The Morgan fingerprint density at radius 3 is 2.28 bits per heavy atom. The van der Waals surface area contributed by atoms with Gasteiger partial charge < -0.3 is 5.11 Å². The predicted molar refractivity (Wildman–Crippen MR) is 71.5 cm³/mol. The van der Waals surface area contributed by atoms with Gasteiger partial charge in [0.2, 0.25) is 0 Å². The summed E-state index contributed by atoms with van der Waals surface area (Å²) in [5.74, 6) is -1.85. The minimum Gasteiger partial charge on any atom is -0.477 e. The fourth-order valence-electron chi connectivity index (χ4n) is 1.20. The van der Waals surface area contributed by atoms with Crippen molar-refractivity contribution in [2.45, 2.75) is 13.8 Å². The molecule has 2 N–H and O–H groups in total. The number of benzene rings is 1. The molecule has 0 atom stereocenters. The van der Waals surface area contributed by atoms with Gasteiger partial charge in [0.15, 0.2) is 0 Å². The summed E-state index contributed by atoms with van der Waals surface area (Å²) in [5, 5.41) is 12.5. The Labute approximate surface area is 113 Å². The first kappa shape index (κ1) is 14.4. The third-order valence-electron chi connectivity index (χ3n) is 2.15. The quantitative estimate of drug-likeness (QED) is 0.661. The van der Waals surface area contributed by atoms with E-state index in [0.29, 0.717) is 5.56 Å². The molecule has 18 heavy (non-hydrogen) atoms. The van der Waals surface area contributed by atoms with E-state index in [2.05, 4.69) is 26.5 Å². The van der Waals surface area contributed by atoms with Gasteiger partial charge in [-0.25, -0.2) is 10.2 Å². The third-order valence-corrected chi connectivity index (χ3v) is 2.68. The average molecular weight is 313 g/mol. The van der Waals surface area contributed by atoms with E-state index in [1.165, 1.54) is 0 Å². The summed E-state index contributed by atoms with van der Waals surface area (Å²) >= 11 is 3.26. The number of carbonyl (C=O) groups excluding carboxylic acids is 1. The number of hydrogen-bond acceptors (Lipinski definition) is 3. The van der Waals surface area contributed by atoms with Gasteiger partial charge in [-0.15, -0.1) is 0 Å². The third kappa shape index (κ3) is 3.96. The maximum atomic E-state index is 11.7. The molecule has 0 aliphatic carbocycles. The summed E-state index contributed by atoms with van der Waals surface area (Å²) in [5.41, 5.74) is 2.56. The van der Waals surface area contributed by atoms with Crippen LogP contribution in [-0.2, 0) is 4.79 Å². The van der Waals surface area contributed by atoms with Crippen molar-refractivity contribution >= 4 is 33.5 Å². The SMILES string of the molecule is CC(C)/C(=N\NC(=O)c1ccc(Br)cc1)C(=O)O. The Bertz CT molecular complexity index is 481. The second-order valence-corrected chi connectivity index (χ2v) is 4.82. The number of hydrogen-bond donors (Lipinski definition) is 2. The Hall–Kier alpha value is -1.69. The van der Waals surface area contributed by atoms with E-state index in [1.807, 2.05) is 0 Å². The summed E-state index contributed by atoms with van der Waals surface area (Å²) in [6.07, 6.45) is 0. The standard InChI is InChI=1S/C12H13BrN2O3/c1-7(2)10(12(17)18)14-15-11(16)8-3-5-9(13)6-4-8/h3-7H,1-2H3,(H,15,16)(H,17,18)/b14-10+. The molecule has 0 saturated carbocycles. The molecule has 1 rings (SSSR count). The highest BCUT2D eigenvalue weighted by Gasteiger charge is 2.14. The van der Waals surface area contributed by atoms with Crippen LogP contribution in [0.15, 0.2) is 33.8 Å². The van der Waals surface area contributed by atoms with Crippen LogP contribution >= 0.6 is 15.9 Å².